The standard InChI is InChI=1S/C11H11F4NO2/c1-10(12,9(17)18)6-16-8-4-2-7(3-5-8)11(13,14)15/h2-5,16H,6H2,1H3,(H,17,18). The Balaban J connectivity index is 2.68. The van der Waals surface area contributed by atoms with Crippen molar-refractivity contribution < 1.29 is 27.5 Å². The number of alkyl halides is 4. The molecule has 2 N–H and O–H groups in total. The van der Waals surface area contributed by atoms with Gasteiger partial charge in [-0.25, -0.2) is 9.18 Å². The number of aliphatic carboxylic acids is 1. The summed E-state index contributed by atoms with van der Waals surface area (Å²) < 4.78 is 50.1. The monoisotopic (exact) mass is 265 g/mol. The van der Waals surface area contributed by atoms with Crippen LogP contribution < -0.4 is 5.32 Å². The van der Waals surface area contributed by atoms with E-state index in [1.807, 2.05) is 0 Å². The van der Waals surface area contributed by atoms with Crippen molar-refractivity contribution >= 4 is 11.7 Å². The molecule has 3 nitrogen and oxygen atoms in total. The summed E-state index contributed by atoms with van der Waals surface area (Å²) in [7, 11) is 0. The van der Waals surface area contributed by atoms with Crippen molar-refractivity contribution in [3.05, 3.63) is 29.8 Å². The average molecular weight is 265 g/mol. The zero-order valence-electron chi connectivity index (χ0n) is 9.38. The van der Waals surface area contributed by atoms with Gasteiger partial charge in [0.05, 0.1) is 12.1 Å². The molecule has 1 aromatic carbocycles. The molecule has 0 radical (unpaired) electrons. The molecule has 1 aromatic rings. The number of rotatable bonds is 4. The fraction of sp³-hybridized carbons (Fsp3) is 0.364. The molecular weight excluding hydrogens is 254 g/mol. The Morgan fingerprint density at radius 1 is 1.22 bits per heavy atom. The van der Waals surface area contributed by atoms with E-state index in [0.29, 0.717) is 0 Å². The van der Waals surface area contributed by atoms with Gasteiger partial charge in [0, 0.05) is 5.69 Å². The third-order valence-electron chi connectivity index (χ3n) is 2.28. The lowest BCUT2D eigenvalue weighted by Gasteiger charge is -2.16. The highest BCUT2D eigenvalue weighted by Crippen LogP contribution is 2.29. The Morgan fingerprint density at radius 3 is 2.11 bits per heavy atom. The molecule has 0 aliphatic carbocycles. The summed E-state index contributed by atoms with van der Waals surface area (Å²) in [5.74, 6) is -1.64. The maximum absolute atomic E-state index is 13.3. The number of carboxylic acids is 1. The second kappa shape index (κ2) is 4.83. The molecule has 100 valence electrons. The number of halogens is 4. The molecule has 0 fully saturated rings. The van der Waals surface area contributed by atoms with E-state index in [1.54, 1.807) is 0 Å². The maximum Gasteiger partial charge on any atom is 0.416 e. The minimum atomic E-state index is -4.44. The summed E-state index contributed by atoms with van der Waals surface area (Å²) in [6.45, 7) is 0.333. The summed E-state index contributed by atoms with van der Waals surface area (Å²) in [6, 6.07) is 3.89. The number of hydrogen-bond donors (Lipinski definition) is 2. The van der Waals surface area contributed by atoms with Crippen molar-refractivity contribution in [3.8, 4) is 0 Å². The number of carbonyl (C=O) groups is 1. The molecule has 1 unspecified atom stereocenters. The Bertz CT molecular complexity index is 426. The van der Waals surface area contributed by atoms with Crippen LogP contribution in [0.2, 0.25) is 0 Å². The summed E-state index contributed by atoms with van der Waals surface area (Å²) in [4.78, 5) is 10.5. The van der Waals surface area contributed by atoms with Crippen LogP contribution in [-0.2, 0) is 11.0 Å². The van der Waals surface area contributed by atoms with Gasteiger partial charge < -0.3 is 10.4 Å². The highest BCUT2D eigenvalue weighted by Gasteiger charge is 2.33. The summed E-state index contributed by atoms with van der Waals surface area (Å²) in [5.41, 5.74) is -3.09. The molecule has 0 saturated carbocycles. The maximum atomic E-state index is 13.3. The first-order valence-electron chi connectivity index (χ1n) is 4.96. The van der Waals surface area contributed by atoms with E-state index in [1.165, 1.54) is 0 Å². The van der Waals surface area contributed by atoms with Crippen LogP contribution in [0.4, 0.5) is 23.2 Å². The van der Waals surface area contributed by atoms with E-state index in [2.05, 4.69) is 5.32 Å². The second-order valence-corrected chi connectivity index (χ2v) is 3.93. The molecule has 18 heavy (non-hydrogen) atoms. The van der Waals surface area contributed by atoms with Crippen molar-refractivity contribution in [1.82, 2.24) is 0 Å². The molecule has 1 rings (SSSR count). The zero-order chi connectivity index (χ0) is 14.0. The topological polar surface area (TPSA) is 49.3 Å². The highest BCUT2D eigenvalue weighted by atomic mass is 19.4. The minimum Gasteiger partial charge on any atom is -0.479 e. The van der Waals surface area contributed by atoms with E-state index in [9.17, 15) is 22.4 Å². The molecule has 7 heteroatoms. The lowest BCUT2D eigenvalue weighted by molar-refractivity contribution is -0.148. The quantitative estimate of drug-likeness (QED) is 0.823. The molecule has 0 spiro atoms. The van der Waals surface area contributed by atoms with Gasteiger partial charge in [-0.1, -0.05) is 0 Å². The largest absolute Gasteiger partial charge is 0.479 e. The van der Waals surface area contributed by atoms with Gasteiger partial charge in [-0.05, 0) is 31.2 Å². The fourth-order valence-corrected chi connectivity index (χ4v) is 1.12. The number of hydrogen-bond acceptors (Lipinski definition) is 2. The SMILES string of the molecule is CC(F)(CNc1ccc(C(F)(F)F)cc1)C(=O)O. The van der Waals surface area contributed by atoms with Crippen molar-refractivity contribution in [3.63, 3.8) is 0 Å². The van der Waals surface area contributed by atoms with Gasteiger partial charge in [0.2, 0.25) is 5.67 Å². The normalized spacial score (nSPS) is 14.9. The molecule has 0 aliphatic rings. The van der Waals surface area contributed by atoms with Gasteiger partial charge >= 0.3 is 12.1 Å². The molecule has 0 amide bonds. The minimum absolute atomic E-state index is 0.216. The van der Waals surface area contributed by atoms with Gasteiger partial charge in [0.1, 0.15) is 0 Å². The first kappa shape index (κ1) is 14.3. The number of carboxylic acid groups (broad SMARTS) is 1. The Morgan fingerprint density at radius 2 is 1.72 bits per heavy atom. The fourth-order valence-electron chi connectivity index (χ4n) is 1.12. The van der Waals surface area contributed by atoms with E-state index < -0.39 is 29.9 Å². The van der Waals surface area contributed by atoms with Gasteiger partial charge in [0.15, 0.2) is 0 Å². The third-order valence-corrected chi connectivity index (χ3v) is 2.28. The van der Waals surface area contributed by atoms with Crippen molar-refractivity contribution in [2.24, 2.45) is 0 Å². The summed E-state index contributed by atoms with van der Waals surface area (Å²) in [6.07, 6.45) is -4.44. The van der Waals surface area contributed by atoms with E-state index in [-0.39, 0.29) is 5.69 Å². The molecule has 0 bridgehead atoms. The summed E-state index contributed by atoms with van der Waals surface area (Å²) >= 11 is 0. The first-order valence-corrected chi connectivity index (χ1v) is 4.96. The highest BCUT2D eigenvalue weighted by molar-refractivity contribution is 5.77. The molecule has 1 atom stereocenters. The van der Waals surface area contributed by atoms with Crippen LogP contribution in [-0.4, -0.2) is 23.3 Å². The van der Waals surface area contributed by atoms with Crippen LogP contribution in [0.3, 0.4) is 0 Å². The van der Waals surface area contributed by atoms with Crippen LogP contribution >= 0.6 is 0 Å². The van der Waals surface area contributed by atoms with Crippen molar-refractivity contribution in [2.75, 3.05) is 11.9 Å². The van der Waals surface area contributed by atoms with Gasteiger partial charge in [-0.2, -0.15) is 13.2 Å². The molecule has 0 saturated heterocycles. The van der Waals surface area contributed by atoms with Crippen LogP contribution in [0.5, 0.6) is 0 Å². The smallest absolute Gasteiger partial charge is 0.416 e. The van der Waals surface area contributed by atoms with E-state index in [4.69, 9.17) is 5.11 Å². The van der Waals surface area contributed by atoms with Gasteiger partial charge in [-0.15, -0.1) is 0 Å². The lowest BCUT2D eigenvalue weighted by Crippen LogP contribution is -2.37. The van der Waals surface area contributed by atoms with Crippen LogP contribution in [0, 0.1) is 0 Å². The van der Waals surface area contributed by atoms with E-state index in [0.717, 1.165) is 31.2 Å². The first-order chi connectivity index (χ1) is 8.13. The van der Waals surface area contributed by atoms with Crippen LogP contribution in [0.1, 0.15) is 12.5 Å². The molecule has 0 aromatic heterocycles. The van der Waals surface area contributed by atoms with Crippen molar-refractivity contribution in [2.45, 2.75) is 18.8 Å². The Hall–Kier alpha value is -1.79. The van der Waals surface area contributed by atoms with E-state index >= 15 is 0 Å². The average Bonchev–Trinajstić information content (AvgIpc) is 2.25. The Labute approximate surface area is 100 Å². The number of benzene rings is 1. The van der Waals surface area contributed by atoms with Crippen LogP contribution in [0.15, 0.2) is 24.3 Å². The molecule has 0 aliphatic heterocycles. The number of nitrogens with one attached hydrogen (secondary N) is 1. The Kier molecular flexibility index (Phi) is 3.83. The lowest BCUT2D eigenvalue weighted by atomic mass is 10.1. The van der Waals surface area contributed by atoms with Gasteiger partial charge in [-0.3, -0.25) is 0 Å². The van der Waals surface area contributed by atoms with Gasteiger partial charge in [0.25, 0.3) is 0 Å². The second-order valence-electron chi connectivity index (χ2n) is 3.93. The predicted octanol–water partition coefficient (Wildman–Crippen LogP) is 2.93. The number of anilines is 1. The van der Waals surface area contributed by atoms with Crippen LogP contribution in [0.25, 0.3) is 0 Å². The summed E-state index contributed by atoms with van der Waals surface area (Å²) in [5, 5.41) is 10.9. The predicted molar refractivity (Wildman–Crippen MR) is 57.1 cm³/mol. The molecule has 0 heterocycles. The third kappa shape index (κ3) is 3.61. The molecular formula is C11H11F4NO2. The zero-order valence-corrected chi connectivity index (χ0v) is 9.38. The van der Waals surface area contributed by atoms with Crippen molar-refractivity contribution in [1.29, 1.82) is 0 Å².